The first-order chi connectivity index (χ1) is 13.6. The minimum atomic E-state index is -0.144. The Kier molecular flexibility index (Phi) is 4.60. The van der Waals surface area contributed by atoms with Crippen LogP contribution in [0, 0.1) is 23.2 Å². The molecule has 3 aliphatic carbocycles. The molecule has 0 spiro atoms. The van der Waals surface area contributed by atoms with Gasteiger partial charge in [0.15, 0.2) is 0 Å². The van der Waals surface area contributed by atoms with Crippen LogP contribution >= 0.6 is 0 Å². The van der Waals surface area contributed by atoms with Crippen LogP contribution in [0.5, 0.6) is 0 Å². The number of benzene rings is 1. The molecule has 1 saturated heterocycles. The fourth-order valence-electron chi connectivity index (χ4n) is 7.28. The largest absolute Gasteiger partial charge is 0.343 e. The summed E-state index contributed by atoms with van der Waals surface area (Å²) in [7, 11) is 0. The first-order valence-electron chi connectivity index (χ1n) is 11.5. The molecule has 3 unspecified atom stereocenters. The minimum absolute atomic E-state index is 0.144. The van der Waals surface area contributed by atoms with Crippen molar-refractivity contribution in [3.63, 3.8) is 0 Å². The summed E-state index contributed by atoms with van der Waals surface area (Å²) < 4.78 is 0. The van der Waals surface area contributed by atoms with Crippen molar-refractivity contribution in [2.24, 2.45) is 23.2 Å². The Bertz CT molecular complexity index is 781. The number of carbonyl (C=O) groups is 2. The molecule has 3 heteroatoms. The van der Waals surface area contributed by atoms with Gasteiger partial charge in [0.05, 0.1) is 0 Å². The molecular formula is C25H33NO2. The molecule has 28 heavy (non-hydrogen) atoms. The van der Waals surface area contributed by atoms with Crippen LogP contribution < -0.4 is 0 Å². The lowest BCUT2D eigenvalue weighted by atomic mass is 9.54. The first kappa shape index (κ1) is 18.4. The monoisotopic (exact) mass is 379 g/mol. The number of aryl methyl sites for hydroxylation is 1. The van der Waals surface area contributed by atoms with E-state index in [4.69, 9.17) is 0 Å². The smallest absolute Gasteiger partial charge is 0.222 e. The van der Waals surface area contributed by atoms with Crippen molar-refractivity contribution in [3.8, 4) is 0 Å². The Balaban J connectivity index is 1.37. The van der Waals surface area contributed by atoms with Crippen LogP contribution in [0.2, 0.25) is 0 Å². The number of amides is 1. The lowest BCUT2D eigenvalue weighted by molar-refractivity contribution is -0.130. The highest BCUT2D eigenvalue weighted by Crippen LogP contribution is 2.62. The Morgan fingerprint density at radius 2 is 1.96 bits per heavy atom. The summed E-state index contributed by atoms with van der Waals surface area (Å²) in [6.07, 6.45) is 9.10. The Morgan fingerprint density at radius 1 is 1.18 bits per heavy atom. The van der Waals surface area contributed by atoms with Crippen molar-refractivity contribution in [2.75, 3.05) is 13.1 Å². The number of hydrogen-bond acceptors (Lipinski definition) is 2. The maximum absolute atomic E-state index is 13.1. The lowest BCUT2D eigenvalue weighted by Crippen LogP contribution is -2.44. The molecule has 0 radical (unpaired) electrons. The third-order valence-electron chi connectivity index (χ3n) is 8.67. The Hall–Kier alpha value is -1.64. The van der Waals surface area contributed by atoms with E-state index in [0.29, 0.717) is 48.2 Å². The number of hydrogen-bond donors (Lipinski definition) is 0. The molecule has 1 amide bonds. The zero-order chi connectivity index (χ0) is 19.3. The summed E-state index contributed by atoms with van der Waals surface area (Å²) in [5.74, 6) is 2.91. The number of carbonyl (C=O) groups excluding carboxylic acids is 2. The van der Waals surface area contributed by atoms with Crippen LogP contribution in [0.4, 0.5) is 0 Å². The zero-order valence-corrected chi connectivity index (χ0v) is 17.2. The molecule has 1 heterocycles. The van der Waals surface area contributed by atoms with Gasteiger partial charge in [-0.1, -0.05) is 31.2 Å². The van der Waals surface area contributed by atoms with Gasteiger partial charge in [-0.25, -0.2) is 0 Å². The van der Waals surface area contributed by atoms with Crippen LogP contribution in [0.15, 0.2) is 24.3 Å². The molecule has 1 aromatic rings. The van der Waals surface area contributed by atoms with E-state index in [1.54, 1.807) is 5.56 Å². The highest BCUT2D eigenvalue weighted by molar-refractivity contribution is 5.88. The zero-order valence-electron chi connectivity index (χ0n) is 17.2. The normalized spacial score (nSPS) is 36.8. The number of nitrogens with zero attached hydrogens (tertiary/aromatic N) is 1. The minimum Gasteiger partial charge on any atom is -0.343 e. The van der Waals surface area contributed by atoms with Crippen molar-refractivity contribution in [1.82, 2.24) is 4.90 Å². The van der Waals surface area contributed by atoms with Crippen LogP contribution in [0.25, 0.3) is 0 Å². The molecule has 3 fully saturated rings. The lowest BCUT2D eigenvalue weighted by Gasteiger charge is -2.50. The summed E-state index contributed by atoms with van der Waals surface area (Å²) in [4.78, 5) is 27.7. The second-order valence-electron chi connectivity index (χ2n) is 10.0. The number of rotatable bonds is 3. The van der Waals surface area contributed by atoms with Crippen LogP contribution in [-0.2, 0) is 16.0 Å². The summed E-state index contributed by atoms with van der Waals surface area (Å²) >= 11 is 0. The average molecular weight is 380 g/mol. The third-order valence-corrected chi connectivity index (χ3v) is 8.67. The maximum Gasteiger partial charge on any atom is 0.222 e. The van der Waals surface area contributed by atoms with Gasteiger partial charge in [0.2, 0.25) is 5.91 Å². The molecule has 0 bridgehead atoms. The fourth-order valence-corrected chi connectivity index (χ4v) is 7.28. The van der Waals surface area contributed by atoms with Gasteiger partial charge in [0.1, 0.15) is 5.78 Å². The summed E-state index contributed by atoms with van der Waals surface area (Å²) in [5.41, 5.74) is 2.93. The molecule has 0 N–H and O–H groups in total. The molecule has 5 rings (SSSR count). The molecule has 1 aromatic carbocycles. The highest BCUT2D eigenvalue weighted by Gasteiger charge is 2.58. The molecule has 0 aromatic heterocycles. The van der Waals surface area contributed by atoms with E-state index in [1.807, 2.05) is 4.90 Å². The molecule has 150 valence electrons. The molecule has 3 nitrogen and oxygen atoms in total. The van der Waals surface area contributed by atoms with E-state index in [1.165, 1.54) is 12.0 Å². The van der Waals surface area contributed by atoms with Gasteiger partial charge in [-0.05, 0) is 79.7 Å². The fraction of sp³-hybridized carbons (Fsp3) is 0.680. The molecule has 2 saturated carbocycles. The van der Waals surface area contributed by atoms with Gasteiger partial charge < -0.3 is 4.90 Å². The van der Waals surface area contributed by atoms with E-state index < -0.39 is 0 Å². The van der Waals surface area contributed by atoms with Crippen molar-refractivity contribution in [2.45, 2.75) is 70.6 Å². The molecule has 4 aliphatic rings. The van der Waals surface area contributed by atoms with Gasteiger partial charge in [0.25, 0.3) is 0 Å². The van der Waals surface area contributed by atoms with E-state index in [2.05, 4.69) is 31.2 Å². The topological polar surface area (TPSA) is 37.4 Å². The van der Waals surface area contributed by atoms with E-state index in [0.717, 1.165) is 51.6 Å². The van der Waals surface area contributed by atoms with E-state index in [-0.39, 0.29) is 5.41 Å². The maximum atomic E-state index is 13.1. The second kappa shape index (κ2) is 7.00. The number of likely N-dealkylation sites (tertiary alicyclic amines) is 1. The average Bonchev–Trinajstić information content (AvgIpc) is 3.33. The van der Waals surface area contributed by atoms with E-state index in [9.17, 15) is 9.59 Å². The summed E-state index contributed by atoms with van der Waals surface area (Å²) in [6.45, 7) is 4.12. The summed E-state index contributed by atoms with van der Waals surface area (Å²) in [5, 5.41) is 0. The van der Waals surface area contributed by atoms with E-state index >= 15 is 0 Å². The SMILES string of the molecule is C[C@]12CCC3c4ccccc4CCC3C1[C@H](CCC(=O)N1CCCC1)CC2=O. The van der Waals surface area contributed by atoms with Gasteiger partial charge in [0, 0.05) is 31.3 Å². The van der Waals surface area contributed by atoms with Crippen molar-refractivity contribution < 1.29 is 9.59 Å². The van der Waals surface area contributed by atoms with Gasteiger partial charge >= 0.3 is 0 Å². The van der Waals surface area contributed by atoms with Crippen molar-refractivity contribution in [3.05, 3.63) is 35.4 Å². The van der Waals surface area contributed by atoms with Crippen LogP contribution in [0.1, 0.15) is 75.3 Å². The molecular weight excluding hydrogens is 346 g/mol. The van der Waals surface area contributed by atoms with Crippen LogP contribution in [-0.4, -0.2) is 29.7 Å². The van der Waals surface area contributed by atoms with Gasteiger partial charge in [-0.3, -0.25) is 9.59 Å². The Labute approximate surface area is 168 Å². The summed E-state index contributed by atoms with van der Waals surface area (Å²) in [6, 6.07) is 8.97. The predicted molar refractivity (Wildman–Crippen MR) is 110 cm³/mol. The van der Waals surface area contributed by atoms with Gasteiger partial charge in [-0.2, -0.15) is 0 Å². The molecule has 5 atom stereocenters. The van der Waals surface area contributed by atoms with Gasteiger partial charge in [-0.15, -0.1) is 0 Å². The molecule has 1 aliphatic heterocycles. The first-order valence-corrected chi connectivity index (χ1v) is 11.5. The number of ketones is 1. The highest BCUT2D eigenvalue weighted by atomic mass is 16.2. The number of fused-ring (bicyclic) bond motifs is 5. The number of Topliss-reactive ketones (excluding diaryl/α,β-unsaturated/α-hetero) is 1. The second-order valence-corrected chi connectivity index (χ2v) is 10.0. The standard InChI is InChI=1S/C25H33NO2/c1-25-13-12-20-19-7-3-2-6-17(19)8-10-21(20)24(25)18(16-22(25)27)9-11-23(28)26-14-4-5-15-26/h2-3,6-7,18,20-21,24H,4-5,8-16H2,1H3/t18-,20?,21?,24?,25-/m1/s1. The Morgan fingerprint density at radius 3 is 2.79 bits per heavy atom. The van der Waals surface area contributed by atoms with Crippen molar-refractivity contribution in [1.29, 1.82) is 0 Å². The predicted octanol–water partition coefficient (Wildman–Crippen LogP) is 4.74. The quantitative estimate of drug-likeness (QED) is 0.761. The third kappa shape index (κ3) is 2.84. The van der Waals surface area contributed by atoms with Crippen LogP contribution in [0.3, 0.4) is 0 Å². The van der Waals surface area contributed by atoms with Crippen molar-refractivity contribution >= 4 is 11.7 Å².